The van der Waals surface area contributed by atoms with E-state index in [9.17, 15) is 10.2 Å². The number of halogens is 1. The average molecular weight is 411 g/mol. The number of aliphatic hydroxyl groups is 2. The highest BCUT2D eigenvalue weighted by atomic mass is 35.5. The van der Waals surface area contributed by atoms with Gasteiger partial charge in [-0.05, 0) is 30.0 Å². The van der Waals surface area contributed by atoms with Gasteiger partial charge in [0.15, 0.2) is 0 Å². The van der Waals surface area contributed by atoms with Gasteiger partial charge in [0, 0.05) is 24.2 Å². The van der Waals surface area contributed by atoms with Gasteiger partial charge >= 0.3 is 0 Å². The molecule has 9 heteroatoms. The fourth-order valence-electron chi connectivity index (χ4n) is 5.17. The maximum absolute atomic E-state index is 10.8. The van der Waals surface area contributed by atoms with Crippen LogP contribution in [0.5, 0.6) is 0 Å². The zero-order valence-corrected chi connectivity index (χ0v) is 16.3. The molecular weight excluding hydrogens is 384 g/mol. The minimum Gasteiger partial charge on any atom is -0.387 e. The normalized spacial score (nSPS) is 43.7. The Balaban J connectivity index is 1.39. The summed E-state index contributed by atoms with van der Waals surface area (Å²) in [7, 11) is 0. The first kappa shape index (κ1) is 19.2. The van der Waals surface area contributed by atoms with Crippen molar-refractivity contribution in [3.63, 3.8) is 0 Å². The van der Waals surface area contributed by atoms with Crippen molar-refractivity contribution in [2.24, 2.45) is 11.7 Å². The molecule has 4 aliphatic rings. The van der Waals surface area contributed by atoms with Crippen molar-refractivity contribution < 1.29 is 19.7 Å². The monoisotopic (exact) mass is 410 g/mol. The Bertz CT molecular complexity index is 740. The maximum Gasteiger partial charge on any atom is 0.141 e. The summed E-state index contributed by atoms with van der Waals surface area (Å²) >= 11 is 6.36. The van der Waals surface area contributed by atoms with E-state index in [1.165, 1.54) is 0 Å². The van der Waals surface area contributed by atoms with Gasteiger partial charge in [0.2, 0.25) is 0 Å². The molecule has 5 rings (SSSR count). The third-order valence-corrected chi connectivity index (χ3v) is 6.96. The van der Waals surface area contributed by atoms with Gasteiger partial charge in [-0.1, -0.05) is 23.7 Å². The smallest absolute Gasteiger partial charge is 0.141 e. The van der Waals surface area contributed by atoms with Crippen molar-refractivity contribution in [3.05, 3.63) is 34.3 Å². The summed E-state index contributed by atoms with van der Waals surface area (Å²) in [5.74, 6) is 0.228. The molecule has 28 heavy (non-hydrogen) atoms. The lowest BCUT2D eigenvalue weighted by atomic mass is 9.92. The Morgan fingerprint density at radius 2 is 2.07 bits per heavy atom. The van der Waals surface area contributed by atoms with E-state index in [0.717, 1.165) is 30.5 Å². The Labute approximate surface area is 168 Å². The summed E-state index contributed by atoms with van der Waals surface area (Å²) in [4.78, 5) is 2.08. The van der Waals surface area contributed by atoms with E-state index < -0.39 is 30.6 Å². The zero-order valence-electron chi connectivity index (χ0n) is 15.5. The molecule has 0 saturated carbocycles. The summed E-state index contributed by atoms with van der Waals surface area (Å²) in [5.41, 5.74) is 8.15. The molecule has 0 spiro atoms. The lowest BCUT2D eigenvalue weighted by Gasteiger charge is -2.39. The van der Waals surface area contributed by atoms with E-state index in [2.05, 4.69) is 15.5 Å². The highest BCUT2D eigenvalue weighted by molar-refractivity contribution is 6.31. The van der Waals surface area contributed by atoms with Gasteiger partial charge in [-0.3, -0.25) is 15.5 Å². The van der Waals surface area contributed by atoms with Crippen molar-refractivity contribution >= 4 is 11.6 Å². The SMILES string of the molecule is NC1NCNC2C1CCN2[C@@H]1O[C@H]([C@@H]2OCCc3c(Cl)cccc32)[C@@H](O)[C@H]1O. The number of fused-ring (bicyclic) bond motifs is 2. The molecule has 3 fully saturated rings. The van der Waals surface area contributed by atoms with Crippen LogP contribution in [-0.4, -0.2) is 71.8 Å². The largest absolute Gasteiger partial charge is 0.387 e. The number of aliphatic hydroxyl groups excluding tert-OH is 2. The summed E-state index contributed by atoms with van der Waals surface area (Å²) in [6.07, 6.45) is -2.25. The molecule has 3 saturated heterocycles. The Kier molecular flexibility index (Phi) is 5.11. The molecule has 8 atom stereocenters. The number of nitrogens with zero attached hydrogens (tertiary/aromatic N) is 1. The van der Waals surface area contributed by atoms with Crippen LogP contribution < -0.4 is 16.4 Å². The van der Waals surface area contributed by atoms with Crippen LogP contribution in [0.4, 0.5) is 0 Å². The Morgan fingerprint density at radius 3 is 2.93 bits per heavy atom. The summed E-state index contributed by atoms with van der Waals surface area (Å²) in [5, 5.41) is 28.9. The number of nitrogens with one attached hydrogen (secondary N) is 2. The second-order valence-electron chi connectivity index (χ2n) is 8.07. The number of hydrogen-bond acceptors (Lipinski definition) is 8. The first-order chi connectivity index (χ1) is 13.6. The average Bonchev–Trinajstić information content (AvgIpc) is 3.25. The van der Waals surface area contributed by atoms with E-state index >= 15 is 0 Å². The molecule has 6 N–H and O–H groups in total. The highest BCUT2D eigenvalue weighted by Gasteiger charge is 2.54. The standard InChI is InChI=1S/C19H27ClN4O4/c20-12-3-1-2-10-9(12)5-7-27-15(10)16-13(25)14(26)19(28-16)24-6-4-11-17(21)22-8-23-18(11)24/h1-3,11,13-19,22-23,25-26H,4-8,21H2/t11?,13-,14+,15+,16-,17?,18?,19+/m0/s1. The Morgan fingerprint density at radius 1 is 1.21 bits per heavy atom. The molecule has 154 valence electrons. The maximum atomic E-state index is 10.8. The van der Waals surface area contributed by atoms with E-state index in [4.69, 9.17) is 26.8 Å². The van der Waals surface area contributed by atoms with E-state index in [1.54, 1.807) is 0 Å². The predicted molar refractivity (Wildman–Crippen MR) is 102 cm³/mol. The molecule has 3 unspecified atom stereocenters. The molecular formula is C19H27ClN4O4. The summed E-state index contributed by atoms with van der Waals surface area (Å²) < 4.78 is 12.2. The number of likely N-dealkylation sites (tertiary alicyclic amines) is 1. The lowest BCUT2D eigenvalue weighted by molar-refractivity contribution is -0.142. The first-order valence-electron chi connectivity index (χ1n) is 9.95. The van der Waals surface area contributed by atoms with Crippen LogP contribution in [-0.2, 0) is 15.9 Å². The van der Waals surface area contributed by atoms with Crippen LogP contribution >= 0.6 is 11.6 Å². The first-order valence-corrected chi connectivity index (χ1v) is 10.3. The van der Waals surface area contributed by atoms with Crippen LogP contribution in [0.2, 0.25) is 5.02 Å². The topological polar surface area (TPSA) is 112 Å². The van der Waals surface area contributed by atoms with Crippen molar-refractivity contribution in [2.75, 3.05) is 19.8 Å². The molecule has 0 aliphatic carbocycles. The molecule has 0 aromatic heterocycles. The number of ether oxygens (including phenoxy) is 2. The number of benzene rings is 1. The molecule has 4 aliphatic heterocycles. The molecule has 4 heterocycles. The van der Waals surface area contributed by atoms with Gasteiger partial charge in [0.05, 0.1) is 18.9 Å². The van der Waals surface area contributed by atoms with Crippen LogP contribution in [0.1, 0.15) is 23.7 Å². The van der Waals surface area contributed by atoms with Gasteiger partial charge in [-0.25, -0.2) is 0 Å². The summed E-state index contributed by atoms with van der Waals surface area (Å²) in [6, 6.07) is 5.70. The minimum atomic E-state index is -1.05. The third kappa shape index (κ3) is 2.99. The molecule has 0 bridgehead atoms. The minimum absolute atomic E-state index is 0.0101. The molecule has 1 aromatic rings. The van der Waals surface area contributed by atoms with Gasteiger partial charge in [-0.15, -0.1) is 0 Å². The summed E-state index contributed by atoms with van der Waals surface area (Å²) in [6.45, 7) is 1.85. The second-order valence-corrected chi connectivity index (χ2v) is 8.47. The van der Waals surface area contributed by atoms with Gasteiger partial charge < -0.3 is 25.4 Å². The van der Waals surface area contributed by atoms with Crippen molar-refractivity contribution in [2.45, 2.75) is 55.8 Å². The number of rotatable bonds is 2. The van der Waals surface area contributed by atoms with Crippen molar-refractivity contribution in [1.82, 2.24) is 15.5 Å². The fraction of sp³-hybridized carbons (Fsp3) is 0.684. The Hall–Kier alpha value is -0.810. The van der Waals surface area contributed by atoms with E-state index in [-0.39, 0.29) is 18.2 Å². The number of hydrogen-bond donors (Lipinski definition) is 5. The van der Waals surface area contributed by atoms with E-state index in [1.807, 2.05) is 18.2 Å². The van der Waals surface area contributed by atoms with Gasteiger partial charge in [0.1, 0.15) is 30.6 Å². The van der Waals surface area contributed by atoms with Crippen molar-refractivity contribution in [1.29, 1.82) is 0 Å². The quantitative estimate of drug-likeness (QED) is 0.443. The predicted octanol–water partition coefficient (Wildman–Crippen LogP) is -0.516. The third-order valence-electron chi connectivity index (χ3n) is 6.61. The van der Waals surface area contributed by atoms with Crippen LogP contribution in [0.15, 0.2) is 18.2 Å². The van der Waals surface area contributed by atoms with Crippen molar-refractivity contribution in [3.8, 4) is 0 Å². The fourth-order valence-corrected chi connectivity index (χ4v) is 5.45. The molecule has 8 nitrogen and oxygen atoms in total. The molecule has 0 radical (unpaired) electrons. The highest BCUT2D eigenvalue weighted by Crippen LogP contribution is 2.41. The number of nitrogens with two attached hydrogens (primary N) is 1. The zero-order chi connectivity index (χ0) is 19.4. The lowest BCUT2D eigenvalue weighted by Crippen LogP contribution is -2.64. The molecule has 1 aromatic carbocycles. The van der Waals surface area contributed by atoms with Gasteiger partial charge in [-0.2, -0.15) is 0 Å². The van der Waals surface area contributed by atoms with Crippen LogP contribution in [0.25, 0.3) is 0 Å². The molecule has 0 amide bonds. The van der Waals surface area contributed by atoms with Gasteiger partial charge in [0.25, 0.3) is 0 Å². The van der Waals surface area contributed by atoms with E-state index in [0.29, 0.717) is 18.3 Å². The van der Waals surface area contributed by atoms with Crippen LogP contribution in [0, 0.1) is 5.92 Å². The second kappa shape index (κ2) is 7.46. The van der Waals surface area contributed by atoms with Crippen LogP contribution in [0.3, 0.4) is 0 Å².